The van der Waals surface area contributed by atoms with Gasteiger partial charge in [-0.25, -0.2) is 4.39 Å². The normalized spacial score (nSPS) is 12.7. The fourth-order valence-corrected chi connectivity index (χ4v) is 2.51. The molecule has 1 amide bonds. The molecule has 0 spiro atoms. The molecule has 1 unspecified atom stereocenters. The summed E-state index contributed by atoms with van der Waals surface area (Å²) < 4.78 is 13.7. The number of aliphatic imine (C=N–C) groups is 1. The zero-order valence-corrected chi connectivity index (χ0v) is 14.4. The highest BCUT2D eigenvalue weighted by Gasteiger charge is 2.13. The lowest BCUT2D eigenvalue weighted by atomic mass is 10.0. The average molecular weight is 342 g/mol. The summed E-state index contributed by atoms with van der Waals surface area (Å²) in [5.74, 6) is -0.540. The van der Waals surface area contributed by atoms with Gasteiger partial charge >= 0.3 is 0 Å². The van der Waals surface area contributed by atoms with Gasteiger partial charge in [0.05, 0.1) is 0 Å². The van der Waals surface area contributed by atoms with Gasteiger partial charge in [-0.3, -0.25) is 9.79 Å². The van der Waals surface area contributed by atoms with E-state index in [1.165, 1.54) is 6.07 Å². The van der Waals surface area contributed by atoms with Gasteiger partial charge in [-0.15, -0.1) is 0 Å². The van der Waals surface area contributed by atoms with Crippen LogP contribution in [0, 0.1) is 5.82 Å². The Labute approximate surface area is 146 Å². The van der Waals surface area contributed by atoms with Crippen molar-refractivity contribution < 1.29 is 9.18 Å². The van der Waals surface area contributed by atoms with Gasteiger partial charge in [-0.05, 0) is 37.6 Å². The SMILES string of the molecule is C/N=C(/C)c1cc(NC(=O)CCC(N)c2ccccc2F)ccc1N. The number of rotatable bonds is 6. The summed E-state index contributed by atoms with van der Waals surface area (Å²) in [6, 6.07) is 11.1. The van der Waals surface area contributed by atoms with Gasteiger partial charge in [-0.2, -0.15) is 0 Å². The van der Waals surface area contributed by atoms with Gasteiger partial charge in [0, 0.05) is 47.7 Å². The monoisotopic (exact) mass is 342 g/mol. The molecule has 132 valence electrons. The van der Waals surface area contributed by atoms with Crippen LogP contribution in [0.15, 0.2) is 47.5 Å². The van der Waals surface area contributed by atoms with Crippen molar-refractivity contribution >= 4 is 23.0 Å². The highest BCUT2D eigenvalue weighted by molar-refractivity contribution is 6.04. The second kappa shape index (κ2) is 8.39. The summed E-state index contributed by atoms with van der Waals surface area (Å²) in [6.07, 6.45) is 0.542. The standard InChI is InChI=1S/C19H23FN4O/c1-12(23-2)15-11-13(7-8-18(15)22)24-19(25)10-9-17(21)14-5-3-4-6-16(14)20/h3-8,11,17H,9-10,21-22H2,1-2H3,(H,24,25)/b23-12-. The molecule has 0 aliphatic heterocycles. The predicted octanol–water partition coefficient (Wildman–Crippen LogP) is 3.27. The Balaban J connectivity index is 1.98. The van der Waals surface area contributed by atoms with Crippen LogP contribution in [0.4, 0.5) is 15.8 Å². The molecule has 0 radical (unpaired) electrons. The van der Waals surface area contributed by atoms with Crippen molar-refractivity contribution in [2.24, 2.45) is 10.7 Å². The van der Waals surface area contributed by atoms with Gasteiger partial charge in [0.2, 0.25) is 5.91 Å². The highest BCUT2D eigenvalue weighted by Crippen LogP contribution is 2.21. The summed E-state index contributed by atoms with van der Waals surface area (Å²) in [7, 11) is 1.68. The van der Waals surface area contributed by atoms with Crippen LogP contribution in [0.5, 0.6) is 0 Å². The van der Waals surface area contributed by atoms with E-state index >= 15 is 0 Å². The van der Waals surface area contributed by atoms with Crippen LogP contribution in [0.25, 0.3) is 0 Å². The first-order valence-electron chi connectivity index (χ1n) is 8.05. The Hall–Kier alpha value is -2.73. The van der Waals surface area contributed by atoms with Gasteiger partial charge < -0.3 is 16.8 Å². The van der Waals surface area contributed by atoms with Crippen molar-refractivity contribution in [3.63, 3.8) is 0 Å². The second-order valence-corrected chi connectivity index (χ2v) is 5.83. The number of nitrogens with two attached hydrogens (primary N) is 2. The molecule has 2 aromatic rings. The number of halogens is 1. The fraction of sp³-hybridized carbons (Fsp3) is 0.263. The highest BCUT2D eigenvalue weighted by atomic mass is 19.1. The zero-order chi connectivity index (χ0) is 18.4. The van der Waals surface area contributed by atoms with Crippen molar-refractivity contribution in [1.29, 1.82) is 0 Å². The van der Waals surface area contributed by atoms with E-state index in [1.54, 1.807) is 43.4 Å². The average Bonchev–Trinajstić information content (AvgIpc) is 2.61. The maximum atomic E-state index is 13.7. The number of benzene rings is 2. The van der Waals surface area contributed by atoms with Crippen LogP contribution in [0.3, 0.4) is 0 Å². The molecular formula is C19H23FN4O. The summed E-state index contributed by atoms with van der Waals surface area (Å²) >= 11 is 0. The van der Waals surface area contributed by atoms with Crippen LogP contribution < -0.4 is 16.8 Å². The number of carbonyl (C=O) groups excluding carboxylic acids is 1. The maximum Gasteiger partial charge on any atom is 0.224 e. The minimum absolute atomic E-state index is 0.186. The summed E-state index contributed by atoms with van der Waals surface area (Å²) in [6.45, 7) is 1.85. The molecule has 2 rings (SSSR count). The first-order chi connectivity index (χ1) is 11.9. The summed E-state index contributed by atoms with van der Waals surface area (Å²) in [5, 5.41) is 2.81. The van der Waals surface area contributed by atoms with Crippen LogP contribution in [-0.2, 0) is 4.79 Å². The maximum absolute atomic E-state index is 13.7. The largest absolute Gasteiger partial charge is 0.398 e. The molecule has 0 aliphatic rings. The van der Waals surface area contributed by atoms with Crippen molar-refractivity contribution in [2.45, 2.75) is 25.8 Å². The van der Waals surface area contributed by atoms with E-state index < -0.39 is 6.04 Å². The lowest BCUT2D eigenvalue weighted by molar-refractivity contribution is -0.116. The van der Waals surface area contributed by atoms with E-state index in [1.807, 2.05) is 6.92 Å². The molecule has 6 heteroatoms. The molecule has 0 bridgehead atoms. The Morgan fingerprint density at radius 2 is 2.00 bits per heavy atom. The molecule has 0 heterocycles. The Bertz CT molecular complexity index is 789. The third-order valence-electron chi connectivity index (χ3n) is 4.05. The van der Waals surface area contributed by atoms with Gasteiger partial charge in [0.25, 0.3) is 0 Å². The van der Waals surface area contributed by atoms with E-state index in [2.05, 4.69) is 10.3 Å². The Morgan fingerprint density at radius 3 is 2.68 bits per heavy atom. The van der Waals surface area contributed by atoms with E-state index in [9.17, 15) is 9.18 Å². The lowest BCUT2D eigenvalue weighted by Gasteiger charge is -2.13. The first-order valence-corrected chi connectivity index (χ1v) is 8.05. The van der Waals surface area contributed by atoms with E-state index in [0.29, 0.717) is 23.4 Å². The number of hydrogen-bond donors (Lipinski definition) is 3. The van der Waals surface area contributed by atoms with Crippen LogP contribution >= 0.6 is 0 Å². The third kappa shape index (κ3) is 4.87. The van der Waals surface area contributed by atoms with Crippen LogP contribution in [-0.4, -0.2) is 18.7 Å². The van der Waals surface area contributed by atoms with E-state index in [-0.39, 0.29) is 18.1 Å². The fourth-order valence-electron chi connectivity index (χ4n) is 2.51. The summed E-state index contributed by atoms with van der Waals surface area (Å²) in [4.78, 5) is 16.3. The molecule has 2 aromatic carbocycles. The molecule has 0 aromatic heterocycles. The molecule has 0 aliphatic carbocycles. The quantitative estimate of drug-likeness (QED) is 0.555. The molecule has 0 fully saturated rings. The van der Waals surface area contributed by atoms with Crippen molar-refractivity contribution in [1.82, 2.24) is 0 Å². The molecule has 25 heavy (non-hydrogen) atoms. The first kappa shape index (κ1) is 18.6. The number of nitrogen functional groups attached to an aromatic ring is 1. The van der Waals surface area contributed by atoms with Gasteiger partial charge in [-0.1, -0.05) is 18.2 Å². The number of nitrogens with zero attached hydrogens (tertiary/aromatic N) is 1. The van der Waals surface area contributed by atoms with E-state index in [0.717, 1.165) is 11.3 Å². The molecule has 5 nitrogen and oxygen atoms in total. The van der Waals surface area contributed by atoms with Crippen molar-refractivity contribution in [3.8, 4) is 0 Å². The minimum Gasteiger partial charge on any atom is -0.398 e. The van der Waals surface area contributed by atoms with Gasteiger partial charge in [0.1, 0.15) is 5.82 Å². The zero-order valence-electron chi connectivity index (χ0n) is 14.4. The lowest BCUT2D eigenvalue weighted by Crippen LogP contribution is -2.17. The Morgan fingerprint density at radius 1 is 1.28 bits per heavy atom. The van der Waals surface area contributed by atoms with Crippen LogP contribution in [0.2, 0.25) is 0 Å². The van der Waals surface area contributed by atoms with Gasteiger partial charge in [0.15, 0.2) is 0 Å². The number of carbonyl (C=O) groups is 1. The summed E-state index contributed by atoms with van der Waals surface area (Å²) in [5.41, 5.74) is 15.1. The van der Waals surface area contributed by atoms with Crippen molar-refractivity contribution in [2.75, 3.05) is 18.1 Å². The molecule has 1 atom stereocenters. The molecule has 0 saturated heterocycles. The topological polar surface area (TPSA) is 93.5 Å². The number of anilines is 2. The molecule has 5 N–H and O–H groups in total. The number of amides is 1. The minimum atomic E-state index is -0.525. The third-order valence-corrected chi connectivity index (χ3v) is 4.05. The second-order valence-electron chi connectivity index (χ2n) is 5.83. The number of hydrogen-bond acceptors (Lipinski definition) is 4. The predicted molar refractivity (Wildman–Crippen MR) is 100 cm³/mol. The molecule has 0 saturated carbocycles. The number of nitrogens with one attached hydrogen (secondary N) is 1. The van der Waals surface area contributed by atoms with E-state index in [4.69, 9.17) is 11.5 Å². The van der Waals surface area contributed by atoms with Crippen molar-refractivity contribution in [3.05, 3.63) is 59.4 Å². The van der Waals surface area contributed by atoms with Crippen LogP contribution in [0.1, 0.15) is 36.9 Å². The Kier molecular flexibility index (Phi) is 6.25. The smallest absolute Gasteiger partial charge is 0.224 e. The molecular weight excluding hydrogens is 319 g/mol.